The third kappa shape index (κ3) is 6.15. The maximum atomic E-state index is 12.3. The Balaban J connectivity index is 2.44. The fourth-order valence-corrected chi connectivity index (χ4v) is 3.89. The Morgan fingerprint density at radius 1 is 1.04 bits per heavy atom. The highest BCUT2D eigenvalue weighted by molar-refractivity contribution is 9.10. The number of hydrogen-bond donors (Lipinski definition) is 1. The fourth-order valence-electron chi connectivity index (χ4n) is 2.99. The van der Waals surface area contributed by atoms with Crippen LogP contribution in [0.2, 0.25) is 0 Å². The van der Waals surface area contributed by atoms with Crippen molar-refractivity contribution in [3.63, 3.8) is 0 Å². The molecular weight excluding hydrogens is 442 g/mol. The van der Waals surface area contributed by atoms with Crippen LogP contribution in [0.25, 0.3) is 0 Å². The molecule has 1 unspecified atom stereocenters. The Morgan fingerprint density at radius 3 is 1.96 bits per heavy atom. The second-order valence-electron chi connectivity index (χ2n) is 7.20. The summed E-state index contributed by atoms with van der Waals surface area (Å²) in [5.74, 6) is -0.0154. The average molecular weight is 468 g/mol. The summed E-state index contributed by atoms with van der Waals surface area (Å²) in [5.41, 5.74) is 1.83. The third-order valence-corrected chi connectivity index (χ3v) is 6.06. The Hall–Kier alpha value is -1.70. The third-order valence-electron chi connectivity index (χ3n) is 4.41. The van der Waals surface area contributed by atoms with E-state index in [-0.39, 0.29) is 16.9 Å². The Bertz CT molecular complexity index is 893. The highest BCUT2D eigenvalue weighted by Crippen LogP contribution is 2.26. The summed E-state index contributed by atoms with van der Waals surface area (Å²) in [7, 11) is -1.89. The minimum atomic E-state index is -3.27. The number of nitrogens with one attached hydrogen (secondary N) is 1. The second-order valence-corrected chi connectivity index (χ2v) is 10.1. The van der Waals surface area contributed by atoms with Crippen molar-refractivity contribution < 1.29 is 17.9 Å². The zero-order valence-electron chi connectivity index (χ0n) is 16.5. The highest BCUT2D eigenvalue weighted by atomic mass is 79.9. The number of methoxy groups -OCH3 is 1. The maximum absolute atomic E-state index is 12.3. The van der Waals surface area contributed by atoms with Crippen LogP contribution in [0.15, 0.2) is 57.9 Å². The summed E-state index contributed by atoms with van der Waals surface area (Å²) in [5, 5.41) is 3.41. The summed E-state index contributed by atoms with van der Waals surface area (Å²) < 4.78 is 29.5. The van der Waals surface area contributed by atoms with Crippen LogP contribution in [-0.2, 0) is 19.4 Å². The molecule has 0 fully saturated rings. The molecule has 0 radical (unpaired) electrons. The molecule has 2 aromatic carbocycles. The lowest BCUT2D eigenvalue weighted by molar-refractivity contribution is -0.143. The maximum Gasteiger partial charge on any atom is 0.322 e. The molecule has 2 atom stereocenters. The number of esters is 1. The van der Waals surface area contributed by atoms with E-state index >= 15 is 0 Å². The quantitative estimate of drug-likeness (QED) is 0.591. The lowest BCUT2D eigenvalue weighted by Crippen LogP contribution is -2.41. The van der Waals surface area contributed by atoms with Crippen molar-refractivity contribution in [2.24, 2.45) is 5.92 Å². The minimum absolute atomic E-state index is 0.262. The number of halogens is 1. The Morgan fingerprint density at radius 2 is 1.54 bits per heavy atom. The van der Waals surface area contributed by atoms with Gasteiger partial charge in [0.1, 0.15) is 6.04 Å². The molecule has 0 aliphatic rings. The highest BCUT2D eigenvalue weighted by Gasteiger charge is 2.26. The van der Waals surface area contributed by atoms with Crippen LogP contribution in [-0.4, -0.2) is 33.8 Å². The van der Waals surface area contributed by atoms with E-state index in [4.69, 9.17) is 4.74 Å². The molecule has 7 heteroatoms. The molecule has 0 saturated carbocycles. The van der Waals surface area contributed by atoms with Gasteiger partial charge in [0.15, 0.2) is 9.84 Å². The van der Waals surface area contributed by atoms with E-state index in [1.807, 2.05) is 38.1 Å². The van der Waals surface area contributed by atoms with E-state index in [0.717, 1.165) is 15.6 Å². The van der Waals surface area contributed by atoms with Crippen LogP contribution in [0, 0.1) is 5.92 Å². The van der Waals surface area contributed by atoms with E-state index < -0.39 is 15.9 Å². The van der Waals surface area contributed by atoms with Crippen molar-refractivity contribution in [1.29, 1.82) is 0 Å². The number of ether oxygens (including phenoxy) is 1. The minimum Gasteiger partial charge on any atom is -0.468 e. The van der Waals surface area contributed by atoms with E-state index in [0.29, 0.717) is 12.3 Å². The standard InChI is InChI=1S/C21H26BrNO4S/c1-14(2)13-19(21(24)27-3)23-20(15-5-9-17(22)10-6-15)16-7-11-18(12-8-16)28(4,25)26/h5-12,14,19-20,23H,13H2,1-4H3/t19-,20?/m1/s1. The first-order chi connectivity index (χ1) is 13.1. The van der Waals surface area contributed by atoms with Gasteiger partial charge in [-0.2, -0.15) is 0 Å². The van der Waals surface area contributed by atoms with Gasteiger partial charge >= 0.3 is 5.97 Å². The SMILES string of the molecule is COC(=O)[C@@H](CC(C)C)NC(c1ccc(Br)cc1)c1ccc(S(C)(=O)=O)cc1. The van der Waals surface area contributed by atoms with Gasteiger partial charge in [-0.25, -0.2) is 8.42 Å². The second kappa shape index (κ2) is 9.67. The Labute approximate surface area is 175 Å². The van der Waals surface area contributed by atoms with E-state index in [1.54, 1.807) is 24.3 Å². The van der Waals surface area contributed by atoms with Crippen molar-refractivity contribution in [3.05, 3.63) is 64.1 Å². The molecule has 5 nitrogen and oxygen atoms in total. The number of hydrogen-bond acceptors (Lipinski definition) is 5. The number of carbonyl (C=O) groups is 1. The van der Waals surface area contributed by atoms with Crippen LogP contribution in [0.4, 0.5) is 0 Å². The summed E-state index contributed by atoms with van der Waals surface area (Å²) in [6, 6.07) is 13.8. The topological polar surface area (TPSA) is 72.5 Å². The van der Waals surface area contributed by atoms with Crippen LogP contribution in [0.3, 0.4) is 0 Å². The molecule has 0 saturated heterocycles. The molecule has 1 N–H and O–H groups in total. The fraction of sp³-hybridized carbons (Fsp3) is 0.381. The predicted molar refractivity (Wildman–Crippen MR) is 114 cm³/mol. The molecule has 0 aliphatic carbocycles. The lowest BCUT2D eigenvalue weighted by Gasteiger charge is -2.26. The number of rotatable bonds is 8. The van der Waals surface area contributed by atoms with Gasteiger partial charge in [-0.1, -0.05) is 54.0 Å². The largest absolute Gasteiger partial charge is 0.468 e. The van der Waals surface area contributed by atoms with Gasteiger partial charge in [-0.15, -0.1) is 0 Å². The average Bonchev–Trinajstić information content (AvgIpc) is 2.64. The van der Waals surface area contributed by atoms with Gasteiger partial charge < -0.3 is 4.74 Å². The van der Waals surface area contributed by atoms with Crippen LogP contribution >= 0.6 is 15.9 Å². The molecule has 0 amide bonds. The number of sulfone groups is 1. The van der Waals surface area contributed by atoms with Crippen molar-refractivity contribution in [3.8, 4) is 0 Å². The van der Waals surface area contributed by atoms with Crippen molar-refractivity contribution in [2.75, 3.05) is 13.4 Å². The summed E-state index contributed by atoms with van der Waals surface area (Å²) in [6.45, 7) is 4.10. The number of carbonyl (C=O) groups excluding carboxylic acids is 1. The van der Waals surface area contributed by atoms with Gasteiger partial charge in [0.2, 0.25) is 0 Å². The first kappa shape index (κ1) is 22.6. The molecule has 28 heavy (non-hydrogen) atoms. The first-order valence-corrected chi connectivity index (χ1v) is 11.7. The smallest absolute Gasteiger partial charge is 0.322 e. The van der Waals surface area contributed by atoms with E-state index in [9.17, 15) is 13.2 Å². The van der Waals surface area contributed by atoms with Crippen molar-refractivity contribution in [2.45, 2.75) is 37.2 Å². The normalized spacial score (nSPS) is 13.9. The molecule has 0 heterocycles. The molecule has 0 aromatic heterocycles. The van der Waals surface area contributed by atoms with E-state index in [2.05, 4.69) is 21.2 Å². The summed E-state index contributed by atoms with van der Waals surface area (Å²) >= 11 is 3.44. The zero-order chi connectivity index (χ0) is 20.9. The van der Waals surface area contributed by atoms with E-state index in [1.165, 1.54) is 13.4 Å². The Kier molecular flexibility index (Phi) is 7.80. The van der Waals surface area contributed by atoms with Gasteiger partial charge in [0, 0.05) is 10.7 Å². The molecule has 0 spiro atoms. The summed E-state index contributed by atoms with van der Waals surface area (Å²) in [6.07, 6.45) is 1.81. The molecule has 2 rings (SSSR count). The van der Waals surface area contributed by atoms with Crippen molar-refractivity contribution in [1.82, 2.24) is 5.32 Å². The first-order valence-electron chi connectivity index (χ1n) is 9.01. The molecule has 0 bridgehead atoms. The lowest BCUT2D eigenvalue weighted by atomic mass is 9.95. The van der Waals surface area contributed by atoms with Gasteiger partial charge in [-0.3, -0.25) is 10.1 Å². The number of benzene rings is 2. The van der Waals surface area contributed by atoms with Gasteiger partial charge in [0.05, 0.1) is 18.0 Å². The van der Waals surface area contributed by atoms with Crippen LogP contribution < -0.4 is 5.32 Å². The van der Waals surface area contributed by atoms with Crippen LogP contribution in [0.5, 0.6) is 0 Å². The molecule has 0 aliphatic heterocycles. The van der Waals surface area contributed by atoms with Gasteiger partial charge in [0.25, 0.3) is 0 Å². The molecule has 152 valence electrons. The van der Waals surface area contributed by atoms with Crippen LogP contribution in [0.1, 0.15) is 37.4 Å². The zero-order valence-corrected chi connectivity index (χ0v) is 18.9. The summed E-state index contributed by atoms with van der Waals surface area (Å²) in [4.78, 5) is 12.6. The molecular formula is C21H26BrNO4S. The van der Waals surface area contributed by atoms with Crippen molar-refractivity contribution >= 4 is 31.7 Å². The van der Waals surface area contributed by atoms with Gasteiger partial charge in [-0.05, 0) is 47.7 Å². The molecule has 2 aromatic rings. The predicted octanol–water partition coefficient (Wildman–Crippen LogP) is 4.12. The monoisotopic (exact) mass is 467 g/mol.